The van der Waals surface area contributed by atoms with Crippen LogP contribution in [0.5, 0.6) is 5.75 Å². The molecule has 0 heterocycles. The van der Waals surface area contributed by atoms with Gasteiger partial charge in [-0.1, -0.05) is 90.4 Å². The molecule has 1 aromatic carbocycles. The highest BCUT2D eigenvalue weighted by atomic mass is 16.3. The van der Waals surface area contributed by atoms with Crippen LogP contribution in [0.4, 0.5) is 0 Å². The number of rotatable bonds is 16. The number of aliphatic imine (C=N–C) groups is 1. The fraction of sp³-hybridized carbons (Fsp3) is 0.696. The van der Waals surface area contributed by atoms with Gasteiger partial charge in [-0.2, -0.15) is 0 Å². The maximum absolute atomic E-state index is 9.22. The topological polar surface area (TPSA) is 32.6 Å². The van der Waals surface area contributed by atoms with Crippen molar-refractivity contribution in [1.29, 1.82) is 0 Å². The smallest absolute Gasteiger partial charge is 0.115 e. The number of benzene rings is 1. The molecule has 0 spiro atoms. The zero-order valence-electron chi connectivity index (χ0n) is 16.4. The highest BCUT2D eigenvalue weighted by molar-refractivity contribution is 5.79. The molecule has 0 saturated heterocycles. The van der Waals surface area contributed by atoms with Gasteiger partial charge in [-0.25, -0.2) is 0 Å². The van der Waals surface area contributed by atoms with E-state index in [4.69, 9.17) is 0 Å². The molecule has 0 aliphatic heterocycles. The highest BCUT2D eigenvalue weighted by Gasteiger charge is 1.94. The molecule has 0 aliphatic rings. The van der Waals surface area contributed by atoms with Gasteiger partial charge in [0, 0.05) is 12.8 Å². The molecule has 0 saturated carbocycles. The van der Waals surface area contributed by atoms with Gasteiger partial charge in [-0.05, 0) is 36.2 Å². The van der Waals surface area contributed by atoms with E-state index in [1.807, 2.05) is 18.3 Å². The lowest BCUT2D eigenvalue weighted by molar-refractivity contribution is 0.475. The van der Waals surface area contributed by atoms with Crippen molar-refractivity contribution in [3.63, 3.8) is 0 Å². The third-order valence-electron chi connectivity index (χ3n) is 4.77. The minimum atomic E-state index is 0.309. The van der Waals surface area contributed by atoms with Gasteiger partial charge in [-0.3, -0.25) is 4.99 Å². The molecule has 25 heavy (non-hydrogen) atoms. The molecule has 0 unspecified atom stereocenters. The van der Waals surface area contributed by atoms with E-state index in [0.29, 0.717) is 5.75 Å². The van der Waals surface area contributed by atoms with Crippen molar-refractivity contribution in [1.82, 2.24) is 0 Å². The lowest BCUT2D eigenvalue weighted by atomic mass is 10.0. The molecule has 0 amide bonds. The highest BCUT2D eigenvalue weighted by Crippen LogP contribution is 2.13. The second-order valence-electron chi connectivity index (χ2n) is 7.22. The molecule has 2 nitrogen and oxygen atoms in total. The lowest BCUT2D eigenvalue weighted by Gasteiger charge is -2.02. The fourth-order valence-electron chi connectivity index (χ4n) is 3.13. The minimum Gasteiger partial charge on any atom is -0.508 e. The first-order valence-corrected chi connectivity index (χ1v) is 10.6. The summed E-state index contributed by atoms with van der Waals surface area (Å²) in [5.74, 6) is 0.309. The van der Waals surface area contributed by atoms with E-state index in [2.05, 4.69) is 11.9 Å². The van der Waals surface area contributed by atoms with Gasteiger partial charge >= 0.3 is 0 Å². The van der Waals surface area contributed by atoms with Crippen LogP contribution in [0.3, 0.4) is 0 Å². The molecule has 1 aromatic rings. The van der Waals surface area contributed by atoms with E-state index >= 15 is 0 Å². The van der Waals surface area contributed by atoms with E-state index in [1.54, 1.807) is 12.1 Å². The maximum Gasteiger partial charge on any atom is 0.115 e. The van der Waals surface area contributed by atoms with Crippen molar-refractivity contribution < 1.29 is 5.11 Å². The van der Waals surface area contributed by atoms with E-state index in [-0.39, 0.29) is 0 Å². The molecule has 0 aliphatic carbocycles. The zero-order chi connectivity index (χ0) is 18.0. The van der Waals surface area contributed by atoms with Gasteiger partial charge in [0.2, 0.25) is 0 Å². The third-order valence-corrected chi connectivity index (χ3v) is 4.77. The molecule has 0 atom stereocenters. The third kappa shape index (κ3) is 13.6. The Bertz CT molecular complexity index is 424. The van der Waals surface area contributed by atoms with Crippen LogP contribution < -0.4 is 0 Å². The van der Waals surface area contributed by atoms with Crippen molar-refractivity contribution in [3.8, 4) is 5.75 Å². The predicted octanol–water partition coefficient (Wildman–Crippen LogP) is 7.29. The first-order valence-electron chi connectivity index (χ1n) is 10.6. The summed E-state index contributed by atoms with van der Waals surface area (Å²) in [5, 5.41) is 9.22. The van der Waals surface area contributed by atoms with Crippen molar-refractivity contribution in [2.75, 3.05) is 6.54 Å². The van der Waals surface area contributed by atoms with Crippen LogP contribution in [-0.2, 0) is 0 Å². The largest absolute Gasteiger partial charge is 0.508 e. The Kier molecular flexibility index (Phi) is 14.1. The number of unbranched alkanes of at least 4 members (excludes halogenated alkanes) is 13. The van der Waals surface area contributed by atoms with Gasteiger partial charge in [0.05, 0.1) is 0 Å². The summed E-state index contributed by atoms with van der Waals surface area (Å²) in [6.07, 6.45) is 21.4. The van der Waals surface area contributed by atoms with Crippen LogP contribution in [0.2, 0.25) is 0 Å². The van der Waals surface area contributed by atoms with Gasteiger partial charge in [-0.15, -0.1) is 0 Å². The van der Waals surface area contributed by atoms with E-state index < -0.39 is 0 Å². The summed E-state index contributed by atoms with van der Waals surface area (Å²) < 4.78 is 0. The summed E-state index contributed by atoms with van der Waals surface area (Å²) in [7, 11) is 0. The van der Waals surface area contributed by atoms with Crippen molar-refractivity contribution in [3.05, 3.63) is 29.8 Å². The SMILES string of the molecule is CCCCCCCCCCCCCCCCN=Cc1ccc(O)cc1. The molecule has 0 radical (unpaired) electrons. The Hall–Kier alpha value is -1.31. The van der Waals surface area contributed by atoms with Crippen molar-refractivity contribution in [2.45, 2.75) is 96.8 Å². The second kappa shape index (κ2) is 16.2. The Balaban J connectivity index is 1.79. The Morgan fingerprint density at radius 2 is 1.12 bits per heavy atom. The summed E-state index contributed by atoms with van der Waals surface area (Å²) >= 11 is 0. The molecule has 0 aromatic heterocycles. The first kappa shape index (κ1) is 21.7. The quantitative estimate of drug-likeness (QED) is 0.247. The van der Waals surface area contributed by atoms with Crippen molar-refractivity contribution >= 4 is 6.21 Å². The Morgan fingerprint density at radius 1 is 0.680 bits per heavy atom. The second-order valence-corrected chi connectivity index (χ2v) is 7.22. The van der Waals surface area contributed by atoms with Crippen LogP contribution in [0.15, 0.2) is 29.3 Å². The molecule has 1 rings (SSSR count). The lowest BCUT2D eigenvalue weighted by Crippen LogP contribution is -1.86. The Labute approximate surface area is 155 Å². The standard InChI is InChI=1S/C23H39NO/c1-2-3-4-5-6-7-8-9-10-11-12-13-14-15-20-24-21-22-16-18-23(25)19-17-22/h16-19,21,25H,2-15,20H2,1H3. The number of nitrogens with zero attached hydrogens (tertiary/aromatic N) is 1. The fourth-order valence-corrected chi connectivity index (χ4v) is 3.13. The van der Waals surface area contributed by atoms with E-state index in [0.717, 1.165) is 12.1 Å². The van der Waals surface area contributed by atoms with Gasteiger partial charge in [0.1, 0.15) is 5.75 Å². The normalized spacial score (nSPS) is 11.4. The van der Waals surface area contributed by atoms with E-state index in [9.17, 15) is 5.11 Å². The molecule has 2 heteroatoms. The van der Waals surface area contributed by atoms with Crippen LogP contribution in [0.1, 0.15) is 102 Å². The number of phenols is 1. The molecule has 0 fully saturated rings. The van der Waals surface area contributed by atoms with Gasteiger partial charge in [0.15, 0.2) is 0 Å². The molecular formula is C23H39NO. The number of aromatic hydroxyl groups is 1. The van der Waals surface area contributed by atoms with E-state index in [1.165, 1.54) is 89.9 Å². The van der Waals surface area contributed by atoms with Gasteiger partial charge < -0.3 is 5.11 Å². The predicted molar refractivity (Wildman–Crippen MR) is 111 cm³/mol. The zero-order valence-corrected chi connectivity index (χ0v) is 16.4. The van der Waals surface area contributed by atoms with Crippen LogP contribution in [0.25, 0.3) is 0 Å². The van der Waals surface area contributed by atoms with Crippen molar-refractivity contribution in [2.24, 2.45) is 4.99 Å². The summed E-state index contributed by atoms with van der Waals surface area (Å²) in [5.41, 5.74) is 1.06. The van der Waals surface area contributed by atoms with Crippen LogP contribution >= 0.6 is 0 Å². The number of hydrogen-bond acceptors (Lipinski definition) is 2. The first-order chi connectivity index (χ1) is 12.3. The molecular weight excluding hydrogens is 306 g/mol. The average Bonchev–Trinajstić information content (AvgIpc) is 2.63. The molecule has 1 N–H and O–H groups in total. The summed E-state index contributed by atoms with van der Waals surface area (Å²) in [4.78, 5) is 4.46. The maximum atomic E-state index is 9.22. The number of hydrogen-bond donors (Lipinski definition) is 1. The van der Waals surface area contributed by atoms with Gasteiger partial charge in [0.25, 0.3) is 0 Å². The number of phenolic OH excluding ortho intramolecular Hbond substituents is 1. The average molecular weight is 346 g/mol. The minimum absolute atomic E-state index is 0.309. The summed E-state index contributed by atoms with van der Waals surface area (Å²) in [6.45, 7) is 3.20. The molecule has 142 valence electrons. The summed E-state index contributed by atoms with van der Waals surface area (Å²) in [6, 6.07) is 7.19. The Morgan fingerprint density at radius 3 is 1.60 bits per heavy atom. The van der Waals surface area contributed by atoms with Crippen LogP contribution in [-0.4, -0.2) is 17.9 Å². The monoisotopic (exact) mass is 345 g/mol. The molecule has 0 bridgehead atoms. The van der Waals surface area contributed by atoms with Crippen LogP contribution in [0, 0.1) is 0 Å².